The third-order valence-electron chi connectivity index (χ3n) is 4.61. The highest BCUT2D eigenvalue weighted by Crippen LogP contribution is 2.34. The first-order chi connectivity index (χ1) is 11.2. The van der Waals surface area contributed by atoms with Gasteiger partial charge in [0.2, 0.25) is 5.91 Å². The Labute approximate surface area is 134 Å². The van der Waals surface area contributed by atoms with E-state index in [2.05, 4.69) is 4.98 Å². The van der Waals surface area contributed by atoms with Gasteiger partial charge in [-0.15, -0.1) is 0 Å². The molecule has 1 amide bonds. The number of piperidine rings is 1. The Morgan fingerprint density at radius 2 is 1.96 bits per heavy atom. The van der Waals surface area contributed by atoms with Crippen LogP contribution in [0.15, 0.2) is 54.7 Å². The number of amides is 1. The fourth-order valence-electron chi connectivity index (χ4n) is 3.39. The van der Waals surface area contributed by atoms with Crippen molar-refractivity contribution >= 4 is 22.4 Å². The van der Waals surface area contributed by atoms with Crippen LogP contribution in [0.5, 0.6) is 5.88 Å². The molecule has 4 heteroatoms. The van der Waals surface area contributed by atoms with Gasteiger partial charge in [-0.2, -0.15) is 0 Å². The van der Waals surface area contributed by atoms with Gasteiger partial charge in [0.05, 0.1) is 5.92 Å². The highest BCUT2D eigenvalue weighted by atomic mass is 16.3. The summed E-state index contributed by atoms with van der Waals surface area (Å²) in [5.74, 6) is 0.197. The van der Waals surface area contributed by atoms with Crippen LogP contribution in [0.2, 0.25) is 0 Å². The number of hydrogen-bond donors (Lipinski definition) is 2. The standard InChI is InChI=1S/C19H18N2O2/c22-18-17-11-15(9-8-14(17)12-20-18)21-10-4-7-16(19(21)23)13-5-2-1-3-6-13/h1-3,5-6,8-9,11-12,16,20,22H,4,7,10H2. The van der Waals surface area contributed by atoms with Crippen molar-refractivity contribution in [2.45, 2.75) is 18.8 Å². The minimum Gasteiger partial charge on any atom is -0.494 e. The number of aromatic amines is 1. The minimum atomic E-state index is -0.0829. The van der Waals surface area contributed by atoms with Gasteiger partial charge in [0.15, 0.2) is 5.88 Å². The summed E-state index contributed by atoms with van der Waals surface area (Å²) in [7, 11) is 0. The van der Waals surface area contributed by atoms with E-state index in [9.17, 15) is 9.90 Å². The number of hydrogen-bond acceptors (Lipinski definition) is 2. The summed E-state index contributed by atoms with van der Waals surface area (Å²) in [5, 5.41) is 11.6. The number of fused-ring (bicyclic) bond motifs is 1. The van der Waals surface area contributed by atoms with Crippen LogP contribution in [0.1, 0.15) is 24.3 Å². The van der Waals surface area contributed by atoms with E-state index in [1.165, 1.54) is 0 Å². The summed E-state index contributed by atoms with van der Waals surface area (Å²) in [6.45, 7) is 0.721. The van der Waals surface area contributed by atoms with E-state index in [-0.39, 0.29) is 17.7 Å². The van der Waals surface area contributed by atoms with Gasteiger partial charge in [0.1, 0.15) is 0 Å². The molecule has 2 aromatic carbocycles. The van der Waals surface area contributed by atoms with Crippen molar-refractivity contribution < 1.29 is 9.90 Å². The average Bonchev–Trinajstić information content (AvgIpc) is 2.96. The van der Waals surface area contributed by atoms with Crippen LogP contribution in [0.25, 0.3) is 10.8 Å². The van der Waals surface area contributed by atoms with Gasteiger partial charge in [0, 0.05) is 29.2 Å². The first kappa shape index (κ1) is 13.9. The Balaban J connectivity index is 1.69. The van der Waals surface area contributed by atoms with Crippen LogP contribution in [-0.4, -0.2) is 22.5 Å². The number of aromatic nitrogens is 1. The van der Waals surface area contributed by atoms with E-state index < -0.39 is 0 Å². The summed E-state index contributed by atoms with van der Waals surface area (Å²) in [6.07, 6.45) is 3.62. The number of nitrogens with one attached hydrogen (secondary N) is 1. The average molecular weight is 306 g/mol. The maximum absolute atomic E-state index is 12.9. The largest absolute Gasteiger partial charge is 0.494 e. The van der Waals surface area contributed by atoms with Crippen LogP contribution in [-0.2, 0) is 4.79 Å². The van der Waals surface area contributed by atoms with E-state index in [0.29, 0.717) is 0 Å². The normalized spacial score (nSPS) is 18.5. The highest BCUT2D eigenvalue weighted by molar-refractivity contribution is 6.01. The zero-order valence-electron chi connectivity index (χ0n) is 12.7. The maximum Gasteiger partial charge on any atom is 0.234 e. The van der Waals surface area contributed by atoms with E-state index in [4.69, 9.17) is 0 Å². The molecule has 1 atom stereocenters. The lowest BCUT2D eigenvalue weighted by Crippen LogP contribution is -2.40. The molecule has 1 saturated heterocycles. The molecule has 0 spiro atoms. The van der Waals surface area contributed by atoms with Gasteiger partial charge in [-0.25, -0.2) is 0 Å². The van der Waals surface area contributed by atoms with Gasteiger partial charge < -0.3 is 15.0 Å². The molecule has 4 nitrogen and oxygen atoms in total. The predicted molar refractivity (Wildman–Crippen MR) is 90.7 cm³/mol. The van der Waals surface area contributed by atoms with Gasteiger partial charge in [0.25, 0.3) is 0 Å². The zero-order chi connectivity index (χ0) is 15.8. The SMILES string of the molecule is O=C1C(c2ccccc2)CCCN1c1ccc2c[nH]c(O)c2c1. The van der Waals surface area contributed by atoms with Crippen LogP contribution in [0, 0.1) is 0 Å². The molecule has 0 saturated carbocycles. The quantitative estimate of drug-likeness (QED) is 0.757. The third-order valence-corrected chi connectivity index (χ3v) is 4.61. The molecule has 3 aromatic rings. The fraction of sp³-hybridized carbons (Fsp3) is 0.211. The Kier molecular flexibility index (Phi) is 3.30. The second kappa shape index (κ2) is 5.47. The minimum absolute atomic E-state index is 0.0829. The number of carbonyl (C=O) groups excluding carboxylic acids is 1. The zero-order valence-corrected chi connectivity index (χ0v) is 12.7. The number of nitrogens with zero attached hydrogens (tertiary/aromatic N) is 1. The summed E-state index contributed by atoms with van der Waals surface area (Å²) in [4.78, 5) is 17.6. The first-order valence-corrected chi connectivity index (χ1v) is 7.90. The monoisotopic (exact) mass is 306 g/mol. The molecule has 2 N–H and O–H groups in total. The van der Waals surface area contributed by atoms with Crippen molar-refractivity contribution in [3.63, 3.8) is 0 Å². The molecule has 1 aromatic heterocycles. The molecule has 1 aliphatic rings. The number of H-pyrrole nitrogens is 1. The molecule has 0 aliphatic carbocycles. The molecule has 1 fully saturated rings. The molecule has 4 rings (SSSR count). The number of rotatable bonds is 2. The number of carbonyl (C=O) groups is 1. The molecule has 23 heavy (non-hydrogen) atoms. The summed E-state index contributed by atoms with van der Waals surface area (Å²) >= 11 is 0. The second-order valence-corrected chi connectivity index (χ2v) is 6.00. The fourth-order valence-corrected chi connectivity index (χ4v) is 3.39. The molecule has 1 unspecified atom stereocenters. The van der Waals surface area contributed by atoms with Crippen molar-refractivity contribution in [2.75, 3.05) is 11.4 Å². The molecular formula is C19H18N2O2. The Hall–Kier alpha value is -2.75. The molecule has 1 aliphatic heterocycles. The van der Waals surface area contributed by atoms with E-state index in [0.717, 1.165) is 41.4 Å². The van der Waals surface area contributed by atoms with Crippen LogP contribution < -0.4 is 4.90 Å². The van der Waals surface area contributed by atoms with Crippen molar-refractivity contribution in [3.05, 3.63) is 60.3 Å². The van der Waals surface area contributed by atoms with Crippen LogP contribution >= 0.6 is 0 Å². The van der Waals surface area contributed by atoms with Crippen molar-refractivity contribution in [2.24, 2.45) is 0 Å². The number of benzene rings is 2. The van der Waals surface area contributed by atoms with Crippen LogP contribution in [0.4, 0.5) is 5.69 Å². The van der Waals surface area contributed by atoms with E-state index >= 15 is 0 Å². The lowest BCUT2D eigenvalue weighted by Gasteiger charge is -2.32. The van der Waals surface area contributed by atoms with Gasteiger partial charge in [-0.1, -0.05) is 36.4 Å². The third kappa shape index (κ3) is 2.36. The molecule has 0 bridgehead atoms. The van der Waals surface area contributed by atoms with E-state index in [1.807, 2.05) is 53.4 Å². The van der Waals surface area contributed by atoms with Crippen LogP contribution in [0.3, 0.4) is 0 Å². The van der Waals surface area contributed by atoms with E-state index in [1.54, 1.807) is 6.20 Å². The Morgan fingerprint density at radius 3 is 2.78 bits per heavy atom. The van der Waals surface area contributed by atoms with Crippen molar-refractivity contribution in [1.29, 1.82) is 0 Å². The smallest absolute Gasteiger partial charge is 0.234 e. The Bertz CT molecular complexity index is 854. The number of aromatic hydroxyl groups is 1. The lowest BCUT2D eigenvalue weighted by molar-refractivity contribution is -0.121. The molecule has 116 valence electrons. The van der Waals surface area contributed by atoms with Gasteiger partial charge in [-0.3, -0.25) is 4.79 Å². The summed E-state index contributed by atoms with van der Waals surface area (Å²) < 4.78 is 0. The van der Waals surface area contributed by atoms with Gasteiger partial charge in [-0.05, 0) is 30.5 Å². The van der Waals surface area contributed by atoms with Crippen molar-refractivity contribution in [3.8, 4) is 5.88 Å². The maximum atomic E-state index is 12.9. The molecular weight excluding hydrogens is 288 g/mol. The predicted octanol–water partition coefficient (Wildman–Crippen LogP) is 3.78. The second-order valence-electron chi connectivity index (χ2n) is 6.00. The molecule has 2 heterocycles. The summed E-state index contributed by atoms with van der Waals surface area (Å²) in [6, 6.07) is 15.7. The summed E-state index contributed by atoms with van der Waals surface area (Å²) in [5.41, 5.74) is 1.92. The topological polar surface area (TPSA) is 56.3 Å². The first-order valence-electron chi connectivity index (χ1n) is 7.90. The highest BCUT2D eigenvalue weighted by Gasteiger charge is 2.30. The number of anilines is 1. The van der Waals surface area contributed by atoms with Gasteiger partial charge >= 0.3 is 0 Å². The Morgan fingerprint density at radius 1 is 1.13 bits per heavy atom. The lowest BCUT2D eigenvalue weighted by atomic mass is 9.89. The molecule has 0 radical (unpaired) electrons. The van der Waals surface area contributed by atoms with Crippen molar-refractivity contribution in [1.82, 2.24) is 4.98 Å².